The molecule has 118 valence electrons. The number of ketones is 1. The van der Waals surface area contributed by atoms with Crippen molar-refractivity contribution < 1.29 is 24.2 Å². The van der Waals surface area contributed by atoms with Gasteiger partial charge in [-0.15, -0.1) is 0 Å². The number of aliphatic carboxylic acids is 1. The van der Waals surface area contributed by atoms with Crippen LogP contribution in [0.15, 0.2) is 30.3 Å². The van der Waals surface area contributed by atoms with Crippen LogP contribution in [-0.2, 0) is 11.2 Å². The summed E-state index contributed by atoms with van der Waals surface area (Å²) in [6.45, 7) is 0. The van der Waals surface area contributed by atoms with Crippen LogP contribution in [0.5, 0.6) is 5.75 Å². The van der Waals surface area contributed by atoms with Crippen molar-refractivity contribution in [1.82, 2.24) is 0 Å². The van der Waals surface area contributed by atoms with Crippen LogP contribution in [0.25, 0.3) is 11.1 Å². The Morgan fingerprint density at radius 3 is 2.65 bits per heavy atom. The highest BCUT2D eigenvalue weighted by atomic mass is 35.5. The first-order chi connectivity index (χ1) is 10.9. The second kappa shape index (κ2) is 5.66. The largest absolute Gasteiger partial charge is 0.504 e. The molecule has 2 aromatic rings. The smallest absolute Gasteiger partial charge is 0.304 e. The van der Waals surface area contributed by atoms with Crippen LogP contribution in [0.3, 0.4) is 0 Å². The molecule has 2 aromatic carbocycles. The first kappa shape index (κ1) is 15.5. The normalized spacial score (nSPS) is 16.4. The molecule has 0 amide bonds. The van der Waals surface area contributed by atoms with E-state index in [1.54, 1.807) is 18.2 Å². The zero-order valence-corrected chi connectivity index (χ0v) is 12.6. The highest BCUT2D eigenvalue weighted by Crippen LogP contribution is 2.36. The van der Waals surface area contributed by atoms with E-state index < -0.39 is 23.5 Å². The number of carbonyl (C=O) groups excluding carboxylic acids is 1. The molecule has 1 aliphatic carbocycles. The van der Waals surface area contributed by atoms with Crippen LogP contribution in [0.1, 0.15) is 22.3 Å². The van der Waals surface area contributed by atoms with Crippen LogP contribution >= 0.6 is 11.6 Å². The molecule has 0 saturated heterocycles. The minimum Gasteiger partial charge on any atom is -0.504 e. The predicted octanol–water partition coefficient (Wildman–Crippen LogP) is 3.68. The van der Waals surface area contributed by atoms with E-state index in [0.29, 0.717) is 23.1 Å². The van der Waals surface area contributed by atoms with Gasteiger partial charge in [0, 0.05) is 11.5 Å². The number of carboxylic acid groups (broad SMARTS) is 1. The summed E-state index contributed by atoms with van der Waals surface area (Å²) in [4.78, 5) is 23.1. The Hall–Kier alpha value is -2.40. The van der Waals surface area contributed by atoms with E-state index in [2.05, 4.69) is 0 Å². The molecule has 23 heavy (non-hydrogen) atoms. The van der Waals surface area contributed by atoms with E-state index in [1.165, 1.54) is 6.07 Å². The van der Waals surface area contributed by atoms with Gasteiger partial charge in [0.25, 0.3) is 0 Å². The summed E-state index contributed by atoms with van der Waals surface area (Å²) < 4.78 is 13.6. The number of hydrogen-bond donors (Lipinski definition) is 2. The van der Waals surface area contributed by atoms with Crippen LogP contribution in [0.2, 0.25) is 5.02 Å². The lowest BCUT2D eigenvalue weighted by atomic mass is 9.99. The van der Waals surface area contributed by atoms with E-state index in [1.807, 2.05) is 0 Å². The number of phenolic OH excluding ortho intramolecular Hbond substituents is 1. The van der Waals surface area contributed by atoms with E-state index in [4.69, 9.17) is 16.7 Å². The van der Waals surface area contributed by atoms with Gasteiger partial charge in [-0.3, -0.25) is 9.59 Å². The molecular formula is C17H12ClFO4. The standard InChI is InChI=1S/C17H12ClFO4/c18-13-5-10(6-14(19)17(13)23)8-1-2-9-3-11(7-15(20)21)16(22)12(9)4-8/h1-2,4-6,11,23H,3,7H2,(H,20,21). The van der Waals surface area contributed by atoms with E-state index in [-0.39, 0.29) is 17.2 Å². The van der Waals surface area contributed by atoms with Crippen molar-refractivity contribution in [2.45, 2.75) is 12.8 Å². The Morgan fingerprint density at radius 1 is 1.26 bits per heavy atom. The molecule has 3 rings (SSSR count). The molecule has 0 spiro atoms. The lowest BCUT2D eigenvalue weighted by molar-refractivity contribution is -0.137. The van der Waals surface area contributed by atoms with Crippen LogP contribution < -0.4 is 0 Å². The number of fused-ring (bicyclic) bond motifs is 1. The van der Waals surface area contributed by atoms with Crippen molar-refractivity contribution in [2.75, 3.05) is 0 Å². The number of carbonyl (C=O) groups is 2. The summed E-state index contributed by atoms with van der Waals surface area (Å²) in [6.07, 6.45) is 0.188. The first-order valence-corrected chi connectivity index (χ1v) is 7.32. The third kappa shape index (κ3) is 2.80. The van der Waals surface area contributed by atoms with Gasteiger partial charge in [-0.05, 0) is 41.3 Å². The summed E-state index contributed by atoms with van der Waals surface area (Å²) in [5.74, 6) is -3.24. The number of halogens is 2. The average Bonchev–Trinajstić information content (AvgIpc) is 2.79. The van der Waals surface area contributed by atoms with Crippen molar-refractivity contribution in [1.29, 1.82) is 0 Å². The fraction of sp³-hybridized carbons (Fsp3) is 0.176. The molecule has 2 N–H and O–H groups in total. The first-order valence-electron chi connectivity index (χ1n) is 6.94. The molecule has 0 heterocycles. The highest BCUT2D eigenvalue weighted by Gasteiger charge is 2.32. The van der Waals surface area contributed by atoms with Gasteiger partial charge in [0.05, 0.1) is 11.4 Å². The fourth-order valence-corrected chi connectivity index (χ4v) is 3.06. The minimum absolute atomic E-state index is 0.115. The number of benzene rings is 2. The predicted molar refractivity (Wildman–Crippen MR) is 82.3 cm³/mol. The molecule has 0 bridgehead atoms. The second-order valence-corrected chi connectivity index (χ2v) is 5.93. The van der Waals surface area contributed by atoms with E-state index in [9.17, 15) is 19.1 Å². The maximum Gasteiger partial charge on any atom is 0.304 e. The molecule has 0 saturated carbocycles. The average molecular weight is 335 g/mol. The lowest BCUT2D eigenvalue weighted by Gasteiger charge is -2.07. The molecule has 6 heteroatoms. The van der Waals surface area contributed by atoms with Crippen LogP contribution in [0.4, 0.5) is 4.39 Å². The van der Waals surface area contributed by atoms with Gasteiger partial charge in [-0.2, -0.15) is 0 Å². The zero-order valence-electron chi connectivity index (χ0n) is 11.8. The van der Waals surface area contributed by atoms with Crippen LogP contribution in [0, 0.1) is 11.7 Å². The van der Waals surface area contributed by atoms with E-state index in [0.717, 1.165) is 11.6 Å². The number of hydrogen-bond acceptors (Lipinski definition) is 3. The number of aromatic hydroxyl groups is 1. The Kier molecular flexibility index (Phi) is 3.82. The molecule has 4 nitrogen and oxygen atoms in total. The Labute approximate surface area is 136 Å². The summed E-state index contributed by atoms with van der Waals surface area (Å²) in [6, 6.07) is 7.62. The molecule has 1 aliphatic rings. The second-order valence-electron chi connectivity index (χ2n) is 5.52. The van der Waals surface area contributed by atoms with Crippen molar-refractivity contribution in [3.8, 4) is 16.9 Å². The molecule has 0 aromatic heterocycles. The monoisotopic (exact) mass is 334 g/mol. The molecule has 0 fully saturated rings. The maximum absolute atomic E-state index is 13.6. The molecular weight excluding hydrogens is 323 g/mol. The summed E-state index contributed by atoms with van der Waals surface area (Å²) >= 11 is 5.77. The van der Waals surface area contributed by atoms with Gasteiger partial charge in [0.2, 0.25) is 0 Å². The van der Waals surface area contributed by atoms with Gasteiger partial charge in [-0.25, -0.2) is 4.39 Å². The number of rotatable bonds is 3. The minimum atomic E-state index is -1.01. The maximum atomic E-state index is 13.6. The number of carboxylic acids is 1. The Balaban J connectivity index is 1.99. The molecule has 1 atom stereocenters. The van der Waals surface area contributed by atoms with Gasteiger partial charge in [0.15, 0.2) is 17.3 Å². The van der Waals surface area contributed by atoms with Crippen LogP contribution in [-0.4, -0.2) is 22.0 Å². The van der Waals surface area contributed by atoms with Crippen molar-refractivity contribution in [3.05, 3.63) is 52.3 Å². The van der Waals surface area contributed by atoms with E-state index >= 15 is 0 Å². The third-order valence-electron chi connectivity index (χ3n) is 3.98. The lowest BCUT2D eigenvalue weighted by Crippen LogP contribution is -2.13. The van der Waals surface area contributed by atoms with Gasteiger partial charge < -0.3 is 10.2 Å². The topological polar surface area (TPSA) is 74.6 Å². The Bertz CT molecular complexity index is 808. The molecule has 0 radical (unpaired) electrons. The molecule has 1 unspecified atom stereocenters. The van der Waals surface area contributed by atoms with Crippen molar-refractivity contribution in [3.63, 3.8) is 0 Å². The highest BCUT2D eigenvalue weighted by molar-refractivity contribution is 6.32. The van der Waals surface area contributed by atoms with Gasteiger partial charge in [0.1, 0.15) is 0 Å². The quantitative estimate of drug-likeness (QED) is 0.897. The number of phenols is 1. The van der Waals surface area contributed by atoms with Gasteiger partial charge in [-0.1, -0.05) is 23.7 Å². The molecule has 0 aliphatic heterocycles. The Morgan fingerprint density at radius 2 is 2.00 bits per heavy atom. The third-order valence-corrected chi connectivity index (χ3v) is 4.27. The van der Waals surface area contributed by atoms with Crippen molar-refractivity contribution in [2.24, 2.45) is 5.92 Å². The number of Topliss-reactive ketones (excluding diaryl/α,β-unsaturated/α-hetero) is 1. The summed E-state index contributed by atoms with van der Waals surface area (Å²) in [5.41, 5.74) is 2.25. The van der Waals surface area contributed by atoms with Gasteiger partial charge >= 0.3 is 5.97 Å². The fourth-order valence-electron chi connectivity index (χ4n) is 2.85. The summed E-state index contributed by atoms with van der Waals surface area (Å²) in [5, 5.41) is 18.1. The summed E-state index contributed by atoms with van der Waals surface area (Å²) in [7, 11) is 0. The SMILES string of the molecule is O=C(O)CC1Cc2ccc(-c3cc(F)c(O)c(Cl)c3)cc2C1=O. The van der Waals surface area contributed by atoms with Crippen molar-refractivity contribution >= 4 is 23.4 Å². The zero-order chi connectivity index (χ0) is 16.7.